The molecule has 0 fully saturated rings. The van der Waals surface area contributed by atoms with Gasteiger partial charge in [0.2, 0.25) is 20.0 Å². The summed E-state index contributed by atoms with van der Waals surface area (Å²) in [7, 11) is -11.0. The van der Waals surface area contributed by atoms with Gasteiger partial charge in [0, 0.05) is 66.1 Å². The average molecular weight is 1000 g/mol. The van der Waals surface area contributed by atoms with E-state index >= 15 is 0 Å². The van der Waals surface area contributed by atoms with Gasteiger partial charge in [-0.25, -0.2) is 40.8 Å². The molecule has 64 heavy (non-hydrogen) atoms. The van der Waals surface area contributed by atoms with Crippen LogP contribution in [0.3, 0.4) is 0 Å². The second-order valence-electron chi connectivity index (χ2n) is 13.8. The second-order valence-corrected chi connectivity index (χ2v) is 20.8. The second kappa shape index (κ2) is 19.6. The summed E-state index contributed by atoms with van der Waals surface area (Å²) in [6.07, 6.45) is 4.50. The van der Waals surface area contributed by atoms with E-state index < -0.39 is 46.0 Å². The number of pyridine rings is 1. The van der Waals surface area contributed by atoms with E-state index in [0.29, 0.717) is 57.8 Å². The van der Waals surface area contributed by atoms with Gasteiger partial charge in [0.25, 0.3) is 20.2 Å². The van der Waals surface area contributed by atoms with Gasteiger partial charge in [-0.1, -0.05) is 72.8 Å². The van der Waals surface area contributed by atoms with Gasteiger partial charge in [-0.2, -0.15) is 16.8 Å². The molecule has 21 nitrogen and oxygen atoms in total. The van der Waals surface area contributed by atoms with Crippen LogP contribution in [0.25, 0.3) is 89.8 Å². The summed E-state index contributed by atoms with van der Waals surface area (Å²) in [5.41, 5.74) is 5.31. The van der Waals surface area contributed by atoms with Gasteiger partial charge in [0.05, 0.1) is 36.2 Å². The minimum atomic E-state index is -4.07. The van der Waals surface area contributed by atoms with E-state index in [4.69, 9.17) is 49.0 Å². The Bertz CT molecular complexity index is 3310. The zero-order chi connectivity index (χ0) is 45.9. The van der Waals surface area contributed by atoms with Gasteiger partial charge in [-0.05, 0) is 33.7 Å². The van der Waals surface area contributed by atoms with Crippen LogP contribution in [0.5, 0.6) is 0 Å². The molecule has 3 aromatic carbocycles. The summed E-state index contributed by atoms with van der Waals surface area (Å²) < 4.78 is 98.3. The van der Waals surface area contributed by atoms with E-state index in [1.54, 1.807) is 6.20 Å². The zero-order valence-corrected chi connectivity index (χ0v) is 38.3. The molecule has 339 valence electrons. The first-order valence-electron chi connectivity index (χ1n) is 18.1. The summed E-state index contributed by atoms with van der Waals surface area (Å²) in [6, 6.07) is 27.5. The molecule has 0 unspecified atom stereocenters. The summed E-state index contributed by atoms with van der Waals surface area (Å²) in [6.45, 7) is -0.308. The van der Waals surface area contributed by atoms with Crippen LogP contribution in [0.1, 0.15) is 0 Å². The molecule has 0 spiro atoms. The molecule has 7 aromatic rings. The Labute approximate surface area is 378 Å². The summed E-state index contributed by atoms with van der Waals surface area (Å²) in [5, 5.41) is 3.52. The fourth-order valence-corrected chi connectivity index (χ4v) is 6.65. The van der Waals surface area contributed by atoms with Gasteiger partial charge in [0.1, 0.15) is 5.69 Å². The van der Waals surface area contributed by atoms with Crippen LogP contribution >= 0.6 is 0 Å². The van der Waals surface area contributed by atoms with E-state index in [9.17, 15) is 33.7 Å². The van der Waals surface area contributed by atoms with Crippen LogP contribution in [0, 0.1) is 0 Å². The SMILES string of the molecule is CN(C)S(C)(=O)=O.CS(=O)(=O)NCCS(=O)(=O)O.CS(=O)(=O)O.[Cu+2].c1ccc2c(c1)-c1nc-2nc2[n-]c(nc3[n-]c(nc4nc(n1)-c1ncccc1-4)c1ccccc31)c1ccccc21. The van der Waals surface area contributed by atoms with Gasteiger partial charge in [-0.15, -0.1) is 0 Å². The number of sulfonamides is 2. The molecule has 3 N–H and O–H groups in total. The minimum Gasteiger partial charge on any atom is -0.357 e. The largest absolute Gasteiger partial charge is 2.00 e. The van der Waals surface area contributed by atoms with Crippen LogP contribution in [-0.4, -0.2) is 127 Å². The van der Waals surface area contributed by atoms with Crippen molar-refractivity contribution in [2.45, 2.75) is 0 Å². The third kappa shape index (κ3) is 12.7. The van der Waals surface area contributed by atoms with Crippen LogP contribution in [0.2, 0.25) is 0 Å². The topological polar surface area (TPSA) is 311 Å². The van der Waals surface area contributed by atoms with Crippen molar-refractivity contribution >= 4 is 84.4 Å². The van der Waals surface area contributed by atoms with Gasteiger partial charge < -0.3 is 24.9 Å². The van der Waals surface area contributed by atoms with Crippen molar-refractivity contribution in [3.63, 3.8) is 0 Å². The average Bonchev–Trinajstić information content (AvgIpc) is 3.92. The molecular weight excluding hydrogens is 962 g/mol. The number of rotatable bonds is 5. The van der Waals surface area contributed by atoms with Gasteiger partial charge in [0.15, 0.2) is 11.6 Å². The maximum Gasteiger partial charge on any atom is 2.00 e. The predicted molar refractivity (Wildman–Crippen MR) is 237 cm³/mol. The number of hydrogen-bond acceptors (Lipinski definition) is 15. The molecule has 2 aliphatic heterocycles. The molecule has 6 heterocycles. The van der Waals surface area contributed by atoms with E-state index in [1.807, 2.05) is 89.7 Å². The van der Waals surface area contributed by atoms with Crippen molar-refractivity contribution in [2.24, 2.45) is 0 Å². The Morgan fingerprint density at radius 1 is 0.547 bits per heavy atom. The third-order valence-corrected chi connectivity index (χ3v) is 11.3. The van der Waals surface area contributed by atoms with Crippen molar-refractivity contribution in [3.8, 4) is 45.7 Å². The molecule has 9 rings (SSSR count). The molecule has 2 aliphatic rings. The number of benzene rings is 3. The number of nitrogens with zero attached hydrogens (tertiary/aromatic N) is 10. The molecule has 4 aromatic heterocycles. The van der Waals surface area contributed by atoms with Crippen molar-refractivity contribution < 1.29 is 59.8 Å². The Kier molecular flexibility index (Phi) is 15.1. The summed E-state index contributed by atoms with van der Waals surface area (Å²) >= 11 is 0. The molecule has 26 heteroatoms. The van der Waals surface area contributed by atoms with E-state index in [0.717, 1.165) is 55.1 Å². The van der Waals surface area contributed by atoms with Crippen molar-refractivity contribution in [1.29, 1.82) is 0 Å². The molecule has 8 bridgehead atoms. The summed E-state index contributed by atoms with van der Waals surface area (Å²) in [4.78, 5) is 43.6. The van der Waals surface area contributed by atoms with Crippen molar-refractivity contribution in [3.05, 3.63) is 91.1 Å². The standard InChI is InChI=1S/C31H15N9.C3H9NO5S2.C3H9NO2S.CH4O3S.Cu/c1-2-9-17-16(8-1)24-33-25(17)35-27-20-12-5-6-13-21(20)29(37-27)39-31-23-22(14-7-15-32-23)30(40-31)38-28-19-11-4-3-10-18(19)26(34-24)36-28;1-10(5,6)4-2-3-11(7,8)9;1-4(2)7(3,5)6;1-5(2,3)4;/h1-15H;4H,2-3H2,1H3,(H,7,8,9);1-3H3;1H3,(H,2,3,4);/q-2;;;;+2. The number of fused-ring (bicyclic) bond motifs is 20. The van der Waals surface area contributed by atoms with Crippen LogP contribution in [0.15, 0.2) is 91.1 Å². The van der Waals surface area contributed by atoms with Gasteiger partial charge in [-0.3, -0.25) is 14.1 Å². The maximum absolute atomic E-state index is 10.3. The monoisotopic (exact) mass is 998 g/mol. The third-order valence-electron chi connectivity index (χ3n) is 8.57. The fraction of sp³-hybridized carbons (Fsp3) is 0.184. The van der Waals surface area contributed by atoms with Crippen LogP contribution < -0.4 is 14.7 Å². The van der Waals surface area contributed by atoms with E-state index in [-0.39, 0.29) is 23.6 Å². The van der Waals surface area contributed by atoms with Crippen LogP contribution in [-0.2, 0) is 57.4 Å². The smallest absolute Gasteiger partial charge is 0.357 e. The predicted octanol–water partition coefficient (Wildman–Crippen LogP) is 2.95. The Balaban J connectivity index is 0.000000268. The molecule has 0 aliphatic carbocycles. The van der Waals surface area contributed by atoms with Crippen molar-refractivity contribution in [2.75, 3.05) is 45.2 Å². The normalized spacial score (nSPS) is 12.1. The van der Waals surface area contributed by atoms with E-state index in [2.05, 4.69) is 4.98 Å². The number of aromatic nitrogens is 9. The van der Waals surface area contributed by atoms with Crippen molar-refractivity contribution in [1.82, 2.24) is 53.9 Å². The molecule has 0 amide bonds. The molecule has 0 saturated carbocycles. The summed E-state index contributed by atoms with van der Waals surface area (Å²) in [5.74, 6) is 1.36. The first-order chi connectivity index (χ1) is 29.4. The molecule has 0 saturated heterocycles. The zero-order valence-electron chi connectivity index (χ0n) is 34.1. The number of nitrogens with one attached hydrogen (secondary N) is 1. The minimum absolute atomic E-state index is 0. The number of hydrogen-bond donors (Lipinski definition) is 3. The first-order valence-corrected chi connectivity index (χ1v) is 25.3. The fourth-order valence-electron chi connectivity index (χ4n) is 5.69. The maximum atomic E-state index is 10.3. The van der Waals surface area contributed by atoms with E-state index in [1.165, 1.54) is 14.1 Å². The molecular formula is C38H37CuN11O10S4. The molecule has 0 atom stereocenters. The van der Waals surface area contributed by atoms with Gasteiger partial charge >= 0.3 is 17.1 Å². The van der Waals surface area contributed by atoms with Crippen LogP contribution in [0.4, 0.5) is 0 Å². The molecule has 1 radical (unpaired) electrons. The first kappa shape index (κ1) is 49.3. The Morgan fingerprint density at radius 3 is 1.31 bits per heavy atom. The quantitative estimate of drug-likeness (QED) is 0.165. The Morgan fingerprint density at radius 2 is 0.906 bits per heavy atom. The Hall–Kier alpha value is -5.67.